The second-order valence-electron chi connectivity index (χ2n) is 6.73. The molecule has 28 heavy (non-hydrogen) atoms. The molecule has 0 bridgehead atoms. The number of thioether (sulfide) groups is 1. The van der Waals surface area contributed by atoms with Gasteiger partial charge in [0.2, 0.25) is 0 Å². The lowest BCUT2D eigenvalue weighted by Crippen LogP contribution is -2.54. The zero-order chi connectivity index (χ0) is 20.1. The highest BCUT2D eigenvalue weighted by molar-refractivity contribution is 7.99. The second kappa shape index (κ2) is 9.96. The number of rotatable bonds is 7. The Morgan fingerprint density at radius 1 is 1.36 bits per heavy atom. The molecular formula is C16H27N5O6S. The topological polar surface area (TPSA) is 142 Å². The van der Waals surface area contributed by atoms with Crippen molar-refractivity contribution in [2.75, 3.05) is 52.3 Å². The van der Waals surface area contributed by atoms with Gasteiger partial charge >= 0.3 is 0 Å². The van der Waals surface area contributed by atoms with Crippen molar-refractivity contribution >= 4 is 17.7 Å². The van der Waals surface area contributed by atoms with Crippen molar-refractivity contribution in [2.45, 2.75) is 29.8 Å². The standard InChI is InChI=1S/C16H27N5O6S/c1-28-16-14(24)12(13(23)11(9-22)27-16)21-8-10(18-19-21)15(25)17-2-3-20-4-6-26-7-5-20/h8,11-14,16,22-24H,2-7,9H2,1H3,(H,17,25)/t11?,12-,13-,14?,16-/m0/s1. The predicted molar refractivity (Wildman–Crippen MR) is 99.9 cm³/mol. The van der Waals surface area contributed by atoms with Gasteiger partial charge in [-0.2, -0.15) is 0 Å². The molecule has 2 unspecified atom stereocenters. The van der Waals surface area contributed by atoms with E-state index in [9.17, 15) is 20.1 Å². The molecule has 12 heteroatoms. The molecule has 158 valence electrons. The van der Waals surface area contributed by atoms with E-state index in [0.29, 0.717) is 26.3 Å². The van der Waals surface area contributed by atoms with Crippen LogP contribution < -0.4 is 5.32 Å². The van der Waals surface area contributed by atoms with Gasteiger partial charge < -0.3 is 30.1 Å². The lowest BCUT2D eigenvalue weighted by molar-refractivity contribution is -0.178. The molecule has 2 saturated heterocycles. The maximum absolute atomic E-state index is 12.3. The third-order valence-corrected chi connectivity index (χ3v) is 5.80. The highest BCUT2D eigenvalue weighted by Gasteiger charge is 2.45. The number of carbonyl (C=O) groups is 1. The monoisotopic (exact) mass is 417 g/mol. The molecule has 1 aromatic heterocycles. The molecule has 0 aliphatic carbocycles. The highest BCUT2D eigenvalue weighted by atomic mass is 32.2. The molecule has 4 N–H and O–H groups in total. The number of carbonyl (C=O) groups excluding carboxylic acids is 1. The Balaban J connectivity index is 1.60. The minimum Gasteiger partial charge on any atom is -0.394 e. The number of hydrogen-bond acceptors (Lipinski definition) is 10. The van der Waals surface area contributed by atoms with Crippen molar-refractivity contribution in [3.63, 3.8) is 0 Å². The average molecular weight is 417 g/mol. The molecule has 2 fully saturated rings. The minimum absolute atomic E-state index is 0.0918. The zero-order valence-corrected chi connectivity index (χ0v) is 16.5. The van der Waals surface area contributed by atoms with E-state index in [4.69, 9.17) is 9.47 Å². The molecule has 1 aromatic rings. The molecule has 11 nitrogen and oxygen atoms in total. The molecule has 2 aliphatic rings. The van der Waals surface area contributed by atoms with Gasteiger partial charge in [-0.1, -0.05) is 5.21 Å². The fourth-order valence-electron chi connectivity index (χ4n) is 3.34. The average Bonchev–Trinajstić information content (AvgIpc) is 3.19. The summed E-state index contributed by atoms with van der Waals surface area (Å²) in [7, 11) is 0. The summed E-state index contributed by atoms with van der Waals surface area (Å²) in [6.07, 6.45) is 0.0132. The highest BCUT2D eigenvalue weighted by Crippen LogP contribution is 2.33. The molecular weight excluding hydrogens is 390 g/mol. The summed E-state index contributed by atoms with van der Waals surface area (Å²) in [5.41, 5.74) is -0.547. The van der Waals surface area contributed by atoms with E-state index in [1.54, 1.807) is 6.26 Å². The maximum Gasteiger partial charge on any atom is 0.273 e. The van der Waals surface area contributed by atoms with E-state index in [-0.39, 0.29) is 11.6 Å². The summed E-state index contributed by atoms with van der Waals surface area (Å²) in [6.45, 7) is 3.87. The van der Waals surface area contributed by atoms with Gasteiger partial charge in [0.15, 0.2) is 5.69 Å². The van der Waals surface area contributed by atoms with Crippen LogP contribution in [0, 0.1) is 0 Å². The van der Waals surface area contributed by atoms with Crippen LogP contribution in [0.25, 0.3) is 0 Å². The van der Waals surface area contributed by atoms with Crippen molar-refractivity contribution in [1.82, 2.24) is 25.2 Å². The third kappa shape index (κ3) is 4.82. The Kier molecular flexibility index (Phi) is 7.62. The number of aliphatic hydroxyl groups excluding tert-OH is 3. The van der Waals surface area contributed by atoms with Gasteiger partial charge in [0.1, 0.15) is 29.8 Å². The van der Waals surface area contributed by atoms with Crippen LogP contribution in [0.3, 0.4) is 0 Å². The van der Waals surface area contributed by atoms with Crippen LogP contribution in [0.1, 0.15) is 16.5 Å². The van der Waals surface area contributed by atoms with Crippen molar-refractivity contribution in [3.05, 3.63) is 11.9 Å². The van der Waals surface area contributed by atoms with Gasteiger partial charge in [0, 0.05) is 26.2 Å². The molecule has 0 aromatic carbocycles. The summed E-state index contributed by atoms with van der Waals surface area (Å²) in [5.74, 6) is -0.379. The third-order valence-electron chi connectivity index (χ3n) is 4.95. The van der Waals surface area contributed by atoms with E-state index in [2.05, 4.69) is 20.5 Å². The summed E-state index contributed by atoms with van der Waals surface area (Å²) >= 11 is 1.26. The number of aromatic nitrogens is 3. The van der Waals surface area contributed by atoms with Crippen molar-refractivity contribution in [3.8, 4) is 0 Å². The zero-order valence-electron chi connectivity index (χ0n) is 15.7. The number of morpholine rings is 1. The molecule has 0 radical (unpaired) electrons. The number of nitrogens with zero attached hydrogens (tertiary/aromatic N) is 4. The fourth-order valence-corrected chi connectivity index (χ4v) is 4.04. The van der Waals surface area contributed by atoms with Gasteiger partial charge in [-0.25, -0.2) is 4.68 Å². The summed E-state index contributed by atoms with van der Waals surface area (Å²) in [6, 6.07) is -0.884. The number of ether oxygens (including phenoxy) is 2. The Morgan fingerprint density at radius 2 is 2.11 bits per heavy atom. The van der Waals surface area contributed by atoms with Crippen molar-refractivity contribution in [1.29, 1.82) is 0 Å². The predicted octanol–water partition coefficient (Wildman–Crippen LogP) is -2.32. The number of nitrogens with one attached hydrogen (secondary N) is 1. The Labute approximate surface area is 167 Å². The summed E-state index contributed by atoms with van der Waals surface area (Å²) in [5, 5.41) is 40.9. The van der Waals surface area contributed by atoms with E-state index in [1.165, 1.54) is 22.6 Å². The van der Waals surface area contributed by atoms with E-state index < -0.39 is 36.4 Å². The van der Waals surface area contributed by atoms with Gasteiger partial charge in [0.05, 0.1) is 26.0 Å². The molecule has 0 spiro atoms. The quantitative estimate of drug-likeness (QED) is 0.382. The molecule has 5 atom stereocenters. The van der Waals surface area contributed by atoms with Crippen LogP contribution in [-0.2, 0) is 9.47 Å². The SMILES string of the molecule is CS[C@@H]1OC(CO)[C@H](O)[C@H](n2cc(C(=O)NCCN3CCOCC3)nn2)C1O. The lowest BCUT2D eigenvalue weighted by atomic mass is 9.97. The van der Waals surface area contributed by atoms with Gasteiger partial charge in [-0.3, -0.25) is 9.69 Å². The largest absolute Gasteiger partial charge is 0.394 e. The Morgan fingerprint density at radius 3 is 2.79 bits per heavy atom. The second-order valence-corrected chi connectivity index (χ2v) is 7.66. The fraction of sp³-hybridized carbons (Fsp3) is 0.812. The summed E-state index contributed by atoms with van der Waals surface area (Å²) < 4.78 is 12.0. The van der Waals surface area contributed by atoms with E-state index in [1.807, 2.05) is 0 Å². The van der Waals surface area contributed by atoms with Crippen LogP contribution in [0.5, 0.6) is 0 Å². The lowest BCUT2D eigenvalue weighted by Gasteiger charge is -2.41. The van der Waals surface area contributed by atoms with Crippen LogP contribution in [0.4, 0.5) is 0 Å². The van der Waals surface area contributed by atoms with Gasteiger partial charge in [-0.05, 0) is 6.26 Å². The smallest absolute Gasteiger partial charge is 0.273 e. The van der Waals surface area contributed by atoms with Crippen LogP contribution >= 0.6 is 11.8 Å². The first-order valence-electron chi connectivity index (χ1n) is 9.20. The minimum atomic E-state index is -1.19. The molecule has 1 amide bonds. The van der Waals surface area contributed by atoms with Crippen LogP contribution in [0.15, 0.2) is 6.20 Å². The first kappa shape index (κ1) is 21.4. The molecule has 3 heterocycles. The number of aliphatic hydroxyl groups is 3. The van der Waals surface area contributed by atoms with Crippen molar-refractivity contribution in [2.24, 2.45) is 0 Å². The van der Waals surface area contributed by atoms with Crippen molar-refractivity contribution < 1.29 is 29.6 Å². The molecule has 0 saturated carbocycles. The normalized spacial score (nSPS) is 31.6. The van der Waals surface area contributed by atoms with Crippen LogP contribution in [-0.4, -0.2) is 117 Å². The first-order chi connectivity index (χ1) is 13.5. The number of amides is 1. The van der Waals surface area contributed by atoms with Gasteiger partial charge in [-0.15, -0.1) is 16.9 Å². The molecule has 3 rings (SSSR count). The maximum atomic E-state index is 12.3. The van der Waals surface area contributed by atoms with E-state index >= 15 is 0 Å². The Hall–Kier alpha value is -1.28. The van der Waals surface area contributed by atoms with E-state index in [0.717, 1.165) is 13.1 Å². The first-order valence-corrected chi connectivity index (χ1v) is 10.5. The molecule has 2 aliphatic heterocycles. The van der Waals surface area contributed by atoms with Gasteiger partial charge in [0.25, 0.3) is 5.91 Å². The summed E-state index contributed by atoms with van der Waals surface area (Å²) in [4.78, 5) is 14.5. The Bertz CT molecular complexity index is 627. The number of hydrogen-bond donors (Lipinski definition) is 4. The van der Waals surface area contributed by atoms with Crippen LogP contribution in [0.2, 0.25) is 0 Å².